The van der Waals surface area contributed by atoms with Gasteiger partial charge < -0.3 is 14.5 Å². The maximum Gasteiger partial charge on any atom is 0.387 e. The fourth-order valence-corrected chi connectivity index (χ4v) is 2.50. The van der Waals surface area contributed by atoms with Gasteiger partial charge in [-0.1, -0.05) is 23.7 Å². The summed E-state index contributed by atoms with van der Waals surface area (Å²) in [7, 11) is 1.34. The van der Waals surface area contributed by atoms with E-state index < -0.39 is 6.61 Å². The number of rotatable bonds is 6. The third kappa shape index (κ3) is 4.00. The first-order valence-electron chi connectivity index (χ1n) is 7.47. The molecule has 0 aliphatic heterocycles. The maximum absolute atomic E-state index is 12.3. The summed E-state index contributed by atoms with van der Waals surface area (Å²) in [6.45, 7) is -2.95. The van der Waals surface area contributed by atoms with Crippen molar-refractivity contribution < 1.29 is 23.0 Å². The number of ether oxygens (including phenoxy) is 2. The topological polar surface area (TPSA) is 64.2 Å². The fraction of sp³-hybridized carbons (Fsp3) is 0.111. The number of allylic oxidation sites excluding steroid dienone is 1. The van der Waals surface area contributed by atoms with Gasteiger partial charge in [-0.3, -0.25) is 4.79 Å². The minimum absolute atomic E-state index is 0.0832. The molecule has 3 rings (SSSR count). The van der Waals surface area contributed by atoms with Crippen molar-refractivity contribution in [1.29, 1.82) is 0 Å². The van der Waals surface area contributed by atoms with Gasteiger partial charge in [0.05, 0.1) is 18.1 Å². The van der Waals surface area contributed by atoms with Gasteiger partial charge in [-0.05, 0) is 42.0 Å². The van der Waals surface area contributed by atoms with Crippen LogP contribution in [0.4, 0.5) is 8.78 Å². The van der Waals surface area contributed by atoms with Gasteiger partial charge in [0.25, 0.3) is 0 Å². The summed E-state index contributed by atoms with van der Waals surface area (Å²) >= 11 is 5.91. The molecule has 8 heteroatoms. The molecule has 0 saturated carbocycles. The van der Waals surface area contributed by atoms with Crippen molar-refractivity contribution in [1.82, 2.24) is 9.97 Å². The van der Waals surface area contributed by atoms with E-state index in [0.29, 0.717) is 21.6 Å². The van der Waals surface area contributed by atoms with Crippen molar-refractivity contribution >= 4 is 34.5 Å². The molecular formula is C18H13ClF2N2O3. The molecule has 0 radical (unpaired) electrons. The lowest BCUT2D eigenvalue weighted by atomic mass is 10.1. The molecule has 0 unspecified atom stereocenters. The van der Waals surface area contributed by atoms with Crippen LogP contribution < -0.4 is 9.47 Å². The van der Waals surface area contributed by atoms with Crippen LogP contribution in [-0.2, 0) is 0 Å². The molecule has 0 saturated heterocycles. The van der Waals surface area contributed by atoms with Crippen molar-refractivity contribution in [3.8, 4) is 11.5 Å². The molecule has 1 heterocycles. The van der Waals surface area contributed by atoms with Crippen LogP contribution in [0.3, 0.4) is 0 Å². The Kier molecular flexibility index (Phi) is 5.18. The Morgan fingerprint density at radius 1 is 1.23 bits per heavy atom. The van der Waals surface area contributed by atoms with Gasteiger partial charge in [-0.25, -0.2) is 4.98 Å². The summed E-state index contributed by atoms with van der Waals surface area (Å²) in [4.78, 5) is 19.4. The molecule has 1 N–H and O–H groups in total. The molecule has 0 aliphatic carbocycles. The molecule has 0 amide bonds. The standard InChI is InChI=1S/C18H13ClF2N2O3/c1-25-16-8-10(3-7-15(16)26-18(20)21)2-6-14(24)17-22-12-5-4-11(19)9-13(12)23-17/h2-9,18H,1H3,(H,22,23). The first-order chi connectivity index (χ1) is 12.5. The Balaban J connectivity index is 1.80. The number of fused-ring (bicyclic) bond motifs is 1. The van der Waals surface area contributed by atoms with Crippen molar-refractivity contribution in [2.45, 2.75) is 6.61 Å². The minimum Gasteiger partial charge on any atom is -0.493 e. The summed E-state index contributed by atoms with van der Waals surface area (Å²) in [5.74, 6) is -0.120. The van der Waals surface area contributed by atoms with Gasteiger partial charge in [0.15, 0.2) is 17.3 Å². The van der Waals surface area contributed by atoms with E-state index in [1.165, 1.54) is 37.5 Å². The van der Waals surface area contributed by atoms with E-state index in [9.17, 15) is 13.6 Å². The number of H-pyrrole nitrogens is 1. The Morgan fingerprint density at radius 3 is 2.77 bits per heavy atom. The highest BCUT2D eigenvalue weighted by Crippen LogP contribution is 2.30. The second-order valence-electron chi connectivity index (χ2n) is 5.23. The van der Waals surface area contributed by atoms with Crippen molar-refractivity contribution in [2.75, 3.05) is 7.11 Å². The predicted molar refractivity (Wildman–Crippen MR) is 94.1 cm³/mol. The van der Waals surface area contributed by atoms with E-state index in [4.69, 9.17) is 16.3 Å². The average Bonchev–Trinajstić information content (AvgIpc) is 3.03. The van der Waals surface area contributed by atoms with Gasteiger partial charge in [0, 0.05) is 5.02 Å². The number of hydrogen-bond acceptors (Lipinski definition) is 4. The smallest absolute Gasteiger partial charge is 0.387 e. The maximum atomic E-state index is 12.3. The Hall–Kier alpha value is -2.93. The summed E-state index contributed by atoms with van der Waals surface area (Å²) in [5, 5.41) is 0.536. The number of nitrogens with one attached hydrogen (secondary N) is 1. The third-order valence-corrected chi connectivity index (χ3v) is 3.74. The van der Waals surface area contributed by atoms with Crippen LogP contribution in [0.25, 0.3) is 17.1 Å². The van der Waals surface area contributed by atoms with E-state index in [2.05, 4.69) is 14.7 Å². The first kappa shape index (κ1) is 17.9. The van der Waals surface area contributed by atoms with Gasteiger partial charge in [0.1, 0.15) is 0 Å². The zero-order chi connectivity index (χ0) is 18.7. The number of alkyl halides is 2. The molecule has 2 aromatic carbocycles. The molecular weight excluding hydrogens is 366 g/mol. The monoisotopic (exact) mass is 378 g/mol. The molecule has 134 valence electrons. The van der Waals surface area contributed by atoms with Gasteiger partial charge in [-0.15, -0.1) is 0 Å². The summed E-state index contributed by atoms with van der Waals surface area (Å²) in [6.07, 6.45) is 2.85. The summed E-state index contributed by atoms with van der Waals surface area (Å²) in [5.41, 5.74) is 1.86. The molecule has 1 aromatic heterocycles. The number of carbonyl (C=O) groups excluding carboxylic acids is 1. The van der Waals surface area contributed by atoms with E-state index in [1.54, 1.807) is 18.2 Å². The number of carbonyl (C=O) groups is 1. The Bertz CT molecular complexity index is 986. The summed E-state index contributed by atoms with van der Waals surface area (Å²) < 4.78 is 34.0. The first-order valence-corrected chi connectivity index (χ1v) is 7.84. The number of halogens is 3. The zero-order valence-corrected chi connectivity index (χ0v) is 14.3. The van der Waals surface area contributed by atoms with Crippen LogP contribution in [0.2, 0.25) is 5.02 Å². The van der Waals surface area contributed by atoms with Crippen LogP contribution in [0, 0.1) is 0 Å². The molecule has 0 aliphatic rings. The SMILES string of the molecule is COc1cc(C=CC(=O)c2nc3ccc(Cl)cc3[nH]2)ccc1OC(F)F. The molecule has 5 nitrogen and oxygen atoms in total. The number of aromatic nitrogens is 2. The van der Waals surface area contributed by atoms with Gasteiger partial charge in [-0.2, -0.15) is 8.78 Å². The number of nitrogens with zero attached hydrogens (tertiary/aromatic N) is 1. The number of imidazole rings is 1. The fourth-order valence-electron chi connectivity index (χ4n) is 2.33. The van der Waals surface area contributed by atoms with Gasteiger partial charge >= 0.3 is 6.61 Å². The largest absolute Gasteiger partial charge is 0.493 e. The Morgan fingerprint density at radius 2 is 2.04 bits per heavy atom. The highest BCUT2D eigenvalue weighted by atomic mass is 35.5. The van der Waals surface area contributed by atoms with Crippen molar-refractivity contribution in [2.24, 2.45) is 0 Å². The molecule has 0 fully saturated rings. The van der Waals surface area contributed by atoms with E-state index in [-0.39, 0.29) is 23.1 Å². The molecule has 0 spiro atoms. The van der Waals surface area contributed by atoms with Gasteiger partial charge in [0.2, 0.25) is 5.78 Å². The number of ketones is 1. The molecule has 0 atom stereocenters. The van der Waals surface area contributed by atoms with E-state index >= 15 is 0 Å². The quantitative estimate of drug-likeness (QED) is 0.498. The van der Waals surface area contributed by atoms with Crippen molar-refractivity contribution in [3.05, 3.63) is 58.9 Å². The lowest BCUT2D eigenvalue weighted by molar-refractivity contribution is -0.0512. The normalized spacial score (nSPS) is 11.4. The highest BCUT2D eigenvalue weighted by Gasteiger charge is 2.11. The molecule has 26 heavy (non-hydrogen) atoms. The van der Waals surface area contributed by atoms with Crippen LogP contribution in [0.5, 0.6) is 11.5 Å². The number of methoxy groups -OCH3 is 1. The van der Waals surface area contributed by atoms with Crippen LogP contribution in [0.15, 0.2) is 42.5 Å². The second kappa shape index (κ2) is 7.53. The third-order valence-electron chi connectivity index (χ3n) is 3.51. The zero-order valence-electron chi connectivity index (χ0n) is 13.5. The van der Waals surface area contributed by atoms with Crippen LogP contribution >= 0.6 is 11.6 Å². The minimum atomic E-state index is -2.95. The van der Waals surface area contributed by atoms with Crippen LogP contribution in [0.1, 0.15) is 16.2 Å². The number of benzene rings is 2. The van der Waals surface area contributed by atoms with E-state index in [1.807, 2.05) is 0 Å². The summed E-state index contributed by atoms with van der Waals surface area (Å²) in [6, 6.07) is 9.43. The number of hydrogen-bond donors (Lipinski definition) is 1. The second-order valence-corrected chi connectivity index (χ2v) is 5.67. The molecule has 0 bridgehead atoms. The van der Waals surface area contributed by atoms with Crippen molar-refractivity contribution in [3.63, 3.8) is 0 Å². The van der Waals surface area contributed by atoms with Crippen LogP contribution in [-0.4, -0.2) is 29.5 Å². The Labute approximate surface area is 152 Å². The predicted octanol–water partition coefficient (Wildman–Crippen LogP) is 4.72. The van der Waals surface area contributed by atoms with E-state index in [0.717, 1.165) is 0 Å². The lowest BCUT2D eigenvalue weighted by Gasteiger charge is -2.10. The highest BCUT2D eigenvalue weighted by molar-refractivity contribution is 6.31. The molecule has 3 aromatic rings. The lowest BCUT2D eigenvalue weighted by Crippen LogP contribution is -2.03. The number of aromatic amines is 1. The average molecular weight is 379 g/mol.